The Morgan fingerprint density at radius 2 is 1.50 bits per heavy atom. The fraction of sp³-hybridized carbons (Fsp3) is 0.333. The Kier molecular flexibility index (Phi) is 4.80. The van der Waals surface area contributed by atoms with Crippen molar-refractivity contribution in [3.05, 3.63) is 82.4 Å². The zero-order chi connectivity index (χ0) is 20.1. The summed E-state index contributed by atoms with van der Waals surface area (Å²) in [6.07, 6.45) is 0. The minimum Gasteiger partial charge on any atom is -0.207 e. The van der Waals surface area contributed by atoms with E-state index in [9.17, 15) is 8.42 Å². The van der Waals surface area contributed by atoms with Gasteiger partial charge in [0, 0.05) is 24.9 Å². The van der Waals surface area contributed by atoms with Gasteiger partial charge in [0.1, 0.15) is 0 Å². The van der Waals surface area contributed by atoms with Crippen molar-refractivity contribution in [3.63, 3.8) is 0 Å². The third-order valence-corrected chi connectivity index (χ3v) is 8.06. The number of fused-ring (bicyclic) bond motifs is 1. The van der Waals surface area contributed by atoms with Gasteiger partial charge in [-0.2, -0.15) is 4.31 Å². The molecule has 0 bridgehead atoms. The van der Waals surface area contributed by atoms with E-state index in [2.05, 4.69) is 45.0 Å². The second kappa shape index (κ2) is 7.02. The van der Waals surface area contributed by atoms with Crippen LogP contribution in [0.2, 0.25) is 0 Å². The lowest BCUT2D eigenvalue weighted by molar-refractivity contribution is 0.469. The highest BCUT2D eigenvalue weighted by atomic mass is 32.2. The molecular formula is C24H27NO2S. The van der Waals surface area contributed by atoms with E-state index in [1.165, 1.54) is 27.9 Å². The lowest BCUT2D eigenvalue weighted by atomic mass is 9.64. The average molecular weight is 394 g/mol. The van der Waals surface area contributed by atoms with Crippen molar-refractivity contribution in [3.8, 4) is 0 Å². The highest BCUT2D eigenvalue weighted by Crippen LogP contribution is 2.54. The predicted octanol–water partition coefficient (Wildman–Crippen LogP) is 5.06. The molecule has 0 spiro atoms. The normalized spacial score (nSPS) is 22.0. The summed E-state index contributed by atoms with van der Waals surface area (Å²) in [5.74, 6) is 0.553. The summed E-state index contributed by atoms with van der Waals surface area (Å²) in [6.45, 7) is 9.53. The highest BCUT2D eigenvalue weighted by molar-refractivity contribution is 7.89. The van der Waals surface area contributed by atoms with Crippen molar-refractivity contribution in [2.45, 2.75) is 32.6 Å². The minimum absolute atomic E-state index is 0.270. The van der Waals surface area contributed by atoms with Crippen molar-refractivity contribution in [1.82, 2.24) is 4.31 Å². The van der Waals surface area contributed by atoms with Crippen LogP contribution in [0.5, 0.6) is 0 Å². The zero-order valence-electron chi connectivity index (χ0n) is 16.9. The Balaban J connectivity index is 1.70. The summed E-state index contributed by atoms with van der Waals surface area (Å²) in [5.41, 5.74) is 7.55. The predicted molar refractivity (Wildman–Crippen MR) is 114 cm³/mol. The second-order valence-electron chi connectivity index (χ2n) is 8.17. The fourth-order valence-electron chi connectivity index (χ4n) is 4.45. The van der Waals surface area contributed by atoms with E-state index < -0.39 is 10.0 Å². The van der Waals surface area contributed by atoms with E-state index in [0.717, 1.165) is 5.56 Å². The van der Waals surface area contributed by atoms with Crippen molar-refractivity contribution in [2.24, 2.45) is 11.8 Å². The first-order valence-corrected chi connectivity index (χ1v) is 11.3. The molecule has 1 aliphatic heterocycles. The van der Waals surface area contributed by atoms with E-state index in [1.807, 2.05) is 25.1 Å². The molecule has 0 N–H and O–H groups in total. The lowest BCUT2D eigenvalue weighted by Crippen LogP contribution is -2.29. The summed E-state index contributed by atoms with van der Waals surface area (Å²) in [4.78, 5) is 0.390. The van der Waals surface area contributed by atoms with Crippen molar-refractivity contribution >= 4 is 15.6 Å². The zero-order valence-corrected chi connectivity index (χ0v) is 17.8. The molecule has 0 saturated carbocycles. The van der Waals surface area contributed by atoms with Crippen molar-refractivity contribution in [1.29, 1.82) is 0 Å². The second-order valence-corrected chi connectivity index (χ2v) is 10.1. The van der Waals surface area contributed by atoms with E-state index in [0.29, 0.717) is 18.0 Å². The van der Waals surface area contributed by atoms with Gasteiger partial charge in [-0.15, -0.1) is 0 Å². The van der Waals surface area contributed by atoms with Crippen LogP contribution in [0.3, 0.4) is 0 Å². The number of sulfonamides is 1. The number of allylic oxidation sites excluding steroid dienone is 2. The van der Waals surface area contributed by atoms with Crippen LogP contribution < -0.4 is 0 Å². The number of benzene rings is 2. The van der Waals surface area contributed by atoms with Gasteiger partial charge in [-0.25, -0.2) is 8.42 Å². The third-order valence-electron chi connectivity index (χ3n) is 6.22. The molecule has 2 aliphatic rings. The molecule has 0 radical (unpaired) electrons. The molecule has 0 amide bonds. The van der Waals surface area contributed by atoms with Crippen LogP contribution in [-0.4, -0.2) is 25.8 Å². The molecule has 2 atom stereocenters. The van der Waals surface area contributed by atoms with Gasteiger partial charge in [0.25, 0.3) is 0 Å². The lowest BCUT2D eigenvalue weighted by Gasteiger charge is -2.38. The molecule has 2 aromatic rings. The molecule has 146 valence electrons. The fourth-order valence-corrected chi connectivity index (χ4v) is 5.94. The molecule has 0 aromatic heterocycles. The first-order valence-electron chi connectivity index (χ1n) is 9.81. The van der Waals surface area contributed by atoms with Gasteiger partial charge >= 0.3 is 0 Å². The Hall–Kier alpha value is -2.17. The van der Waals surface area contributed by atoms with Gasteiger partial charge in [0.15, 0.2) is 0 Å². The van der Waals surface area contributed by atoms with Crippen LogP contribution >= 0.6 is 0 Å². The average Bonchev–Trinajstić information content (AvgIpc) is 3.03. The Morgan fingerprint density at radius 3 is 2.11 bits per heavy atom. The number of hydrogen-bond donors (Lipinski definition) is 0. The van der Waals surface area contributed by atoms with Gasteiger partial charge in [0.2, 0.25) is 10.0 Å². The number of rotatable bonds is 4. The molecule has 1 saturated heterocycles. The summed E-state index contributed by atoms with van der Waals surface area (Å²) < 4.78 is 28.1. The topological polar surface area (TPSA) is 37.4 Å². The van der Waals surface area contributed by atoms with E-state index in [4.69, 9.17) is 0 Å². The monoisotopic (exact) mass is 393 g/mol. The SMILES string of the molecule is CC(C)=C(C)C1=C(c2ccccc2)C2CN(S(=O)(=O)c3ccc(C)cc3)CC12. The highest BCUT2D eigenvalue weighted by Gasteiger charge is 2.50. The summed E-state index contributed by atoms with van der Waals surface area (Å²) in [6, 6.07) is 17.6. The van der Waals surface area contributed by atoms with Crippen LogP contribution in [0.1, 0.15) is 31.9 Å². The standard InChI is InChI=1S/C24H27NO2S/c1-16(2)18(4)23-21-14-25(28(26,27)20-12-10-17(3)11-13-20)15-22(21)24(23)19-8-6-5-7-9-19/h5-13,21-22H,14-15H2,1-4H3. The van der Waals surface area contributed by atoms with Gasteiger partial charge in [-0.3, -0.25) is 0 Å². The molecule has 1 heterocycles. The van der Waals surface area contributed by atoms with E-state index >= 15 is 0 Å². The Bertz CT molecular complexity index is 1060. The maximum absolute atomic E-state index is 13.2. The number of nitrogens with zero attached hydrogens (tertiary/aromatic N) is 1. The van der Waals surface area contributed by atoms with Crippen LogP contribution in [-0.2, 0) is 10.0 Å². The van der Waals surface area contributed by atoms with E-state index in [1.54, 1.807) is 16.4 Å². The minimum atomic E-state index is -3.47. The molecule has 1 fully saturated rings. The summed E-state index contributed by atoms with van der Waals surface area (Å²) in [5, 5.41) is 0. The number of aryl methyl sites for hydroxylation is 1. The van der Waals surface area contributed by atoms with Crippen molar-refractivity contribution < 1.29 is 8.42 Å². The molecule has 4 rings (SSSR count). The smallest absolute Gasteiger partial charge is 0.207 e. The van der Waals surface area contributed by atoms with Gasteiger partial charge in [-0.1, -0.05) is 53.6 Å². The molecule has 28 heavy (non-hydrogen) atoms. The summed E-state index contributed by atoms with van der Waals surface area (Å²) in [7, 11) is -3.47. The number of hydrogen-bond acceptors (Lipinski definition) is 2. The van der Waals surface area contributed by atoms with Crippen LogP contribution in [0, 0.1) is 18.8 Å². The summed E-state index contributed by atoms with van der Waals surface area (Å²) >= 11 is 0. The maximum atomic E-state index is 13.2. The molecule has 4 heteroatoms. The molecule has 2 aromatic carbocycles. The largest absolute Gasteiger partial charge is 0.243 e. The quantitative estimate of drug-likeness (QED) is 0.728. The Labute approximate surface area is 168 Å². The van der Waals surface area contributed by atoms with Crippen LogP contribution in [0.15, 0.2) is 76.2 Å². The molecule has 2 unspecified atom stereocenters. The van der Waals surface area contributed by atoms with Gasteiger partial charge < -0.3 is 0 Å². The molecule has 1 aliphatic carbocycles. The van der Waals surface area contributed by atoms with E-state index in [-0.39, 0.29) is 11.8 Å². The maximum Gasteiger partial charge on any atom is 0.243 e. The third kappa shape index (κ3) is 3.05. The first kappa shape index (κ1) is 19.2. The molecule has 3 nitrogen and oxygen atoms in total. The van der Waals surface area contributed by atoms with Gasteiger partial charge in [-0.05, 0) is 62.1 Å². The van der Waals surface area contributed by atoms with Crippen LogP contribution in [0.25, 0.3) is 5.57 Å². The molecular weight excluding hydrogens is 366 g/mol. The Morgan fingerprint density at radius 1 is 0.893 bits per heavy atom. The van der Waals surface area contributed by atoms with Gasteiger partial charge in [0.05, 0.1) is 4.90 Å². The van der Waals surface area contributed by atoms with Crippen molar-refractivity contribution in [2.75, 3.05) is 13.1 Å². The first-order chi connectivity index (χ1) is 13.3. The van der Waals surface area contributed by atoms with Crippen LogP contribution in [0.4, 0.5) is 0 Å².